The molecule has 0 saturated carbocycles. The summed E-state index contributed by atoms with van der Waals surface area (Å²) in [5.74, 6) is 0. The van der Waals surface area contributed by atoms with Crippen LogP contribution in [-0.4, -0.2) is 19.6 Å². The summed E-state index contributed by atoms with van der Waals surface area (Å²) >= 11 is 0. The first-order valence-corrected chi connectivity index (χ1v) is 6.83. The highest BCUT2D eigenvalue weighted by molar-refractivity contribution is 5.85. The number of halogens is 1. The summed E-state index contributed by atoms with van der Waals surface area (Å²) in [6.45, 7) is 8.98. The molecule has 2 aromatic heterocycles. The Bertz CT molecular complexity index is 544. The molecule has 0 saturated heterocycles. The fourth-order valence-electron chi connectivity index (χ4n) is 2.19. The smallest absolute Gasteiger partial charge is 0.0597 e. The van der Waals surface area contributed by atoms with Crippen molar-refractivity contribution in [3.05, 3.63) is 34.9 Å². The van der Waals surface area contributed by atoms with Crippen LogP contribution in [0, 0.1) is 13.8 Å². The number of hydrogen-bond acceptors (Lipinski definition) is 3. The van der Waals surface area contributed by atoms with E-state index in [1.807, 2.05) is 24.9 Å². The molecule has 112 valence electrons. The molecule has 5 nitrogen and oxygen atoms in total. The van der Waals surface area contributed by atoms with Crippen LogP contribution in [0.5, 0.6) is 0 Å². The molecule has 0 unspecified atom stereocenters. The molecular formula is C14H24ClN5. The minimum atomic E-state index is 0. The number of hydrogen-bond donors (Lipinski definition) is 1. The van der Waals surface area contributed by atoms with Crippen LogP contribution in [0.25, 0.3) is 0 Å². The number of aryl methyl sites for hydroxylation is 3. The lowest BCUT2D eigenvalue weighted by Gasteiger charge is -2.07. The van der Waals surface area contributed by atoms with E-state index in [9.17, 15) is 0 Å². The summed E-state index contributed by atoms with van der Waals surface area (Å²) in [7, 11) is 1.97. The predicted molar refractivity (Wildman–Crippen MR) is 83.0 cm³/mol. The third kappa shape index (κ3) is 3.84. The summed E-state index contributed by atoms with van der Waals surface area (Å²) < 4.78 is 4.00. The average Bonchev–Trinajstić information content (AvgIpc) is 2.87. The Kier molecular flexibility index (Phi) is 6.23. The van der Waals surface area contributed by atoms with Gasteiger partial charge in [-0.05, 0) is 26.3 Å². The normalized spacial score (nSPS) is 10.6. The average molecular weight is 298 g/mol. The Morgan fingerprint density at radius 1 is 1.25 bits per heavy atom. The topological polar surface area (TPSA) is 47.7 Å². The van der Waals surface area contributed by atoms with Gasteiger partial charge in [0.15, 0.2) is 0 Å². The van der Waals surface area contributed by atoms with E-state index in [4.69, 9.17) is 0 Å². The van der Waals surface area contributed by atoms with Gasteiger partial charge >= 0.3 is 0 Å². The monoisotopic (exact) mass is 297 g/mol. The number of nitrogens with zero attached hydrogens (tertiary/aromatic N) is 4. The molecule has 2 rings (SSSR count). The fraction of sp³-hybridized carbons (Fsp3) is 0.571. The Balaban J connectivity index is 0.00000200. The SMILES string of the molecule is CCCn1nc(C)cc1CNCc1cnn(C)c1C.Cl. The van der Waals surface area contributed by atoms with Gasteiger partial charge in [0.05, 0.1) is 17.6 Å². The van der Waals surface area contributed by atoms with Gasteiger partial charge in [0, 0.05) is 37.9 Å². The Labute approximate surface area is 126 Å². The van der Waals surface area contributed by atoms with Gasteiger partial charge in [-0.1, -0.05) is 6.92 Å². The van der Waals surface area contributed by atoms with E-state index in [2.05, 4.69) is 40.1 Å². The van der Waals surface area contributed by atoms with E-state index in [1.165, 1.54) is 17.0 Å². The molecule has 6 heteroatoms. The highest BCUT2D eigenvalue weighted by Crippen LogP contribution is 2.07. The Morgan fingerprint density at radius 3 is 2.60 bits per heavy atom. The maximum absolute atomic E-state index is 4.51. The molecule has 0 fully saturated rings. The molecule has 0 radical (unpaired) electrons. The van der Waals surface area contributed by atoms with Crippen molar-refractivity contribution in [1.29, 1.82) is 0 Å². The summed E-state index contributed by atoms with van der Waals surface area (Å²) in [6.07, 6.45) is 3.03. The van der Waals surface area contributed by atoms with Crippen molar-refractivity contribution in [2.45, 2.75) is 46.8 Å². The van der Waals surface area contributed by atoms with Gasteiger partial charge in [-0.2, -0.15) is 10.2 Å². The van der Waals surface area contributed by atoms with Crippen molar-refractivity contribution in [2.24, 2.45) is 7.05 Å². The van der Waals surface area contributed by atoms with Crippen LogP contribution in [0.15, 0.2) is 12.3 Å². The molecule has 0 aliphatic rings. The summed E-state index contributed by atoms with van der Waals surface area (Å²) in [5.41, 5.74) is 4.80. The van der Waals surface area contributed by atoms with E-state index in [0.29, 0.717) is 0 Å². The first kappa shape index (κ1) is 16.7. The van der Waals surface area contributed by atoms with Crippen LogP contribution in [-0.2, 0) is 26.7 Å². The Hall–Kier alpha value is -1.33. The van der Waals surface area contributed by atoms with Gasteiger partial charge in [-0.3, -0.25) is 9.36 Å². The summed E-state index contributed by atoms with van der Waals surface area (Å²) in [4.78, 5) is 0. The molecule has 0 amide bonds. The van der Waals surface area contributed by atoms with Crippen molar-refractivity contribution >= 4 is 12.4 Å². The number of aromatic nitrogens is 4. The molecule has 1 N–H and O–H groups in total. The molecule has 0 spiro atoms. The maximum atomic E-state index is 4.51. The van der Waals surface area contributed by atoms with E-state index in [0.717, 1.165) is 31.7 Å². The van der Waals surface area contributed by atoms with Crippen molar-refractivity contribution in [3.63, 3.8) is 0 Å². The van der Waals surface area contributed by atoms with Crippen LogP contribution in [0.1, 0.15) is 36.0 Å². The minimum Gasteiger partial charge on any atom is -0.307 e. The molecule has 2 aromatic rings. The minimum absolute atomic E-state index is 0. The predicted octanol–water partition coefficient (Wildman–Crippen LogP) is 2.36. The summed E-state index contributed by atoms with van der Waals surface area (Å²) in [6, 6.07) is 2.15. The molecule has 0 bridgehead atoms. The molecule has 2 heterocycles. The van der Waals surface area contributed by atoms with Crippen LogP contribution >= 0.6 is 12.4 Å². The third-order valence-electron chi connectivity index (χ3n) is 3.38. The molecular weight excluding hydrogens is 274 g/mol. The van der Waals surface area contributed by atoms with Crippen molar-refractivity contribution in [3.8, 4) is 0 Å². The van der Waals surface area contributed by atoms with Gasteiger partial charge in [-0.15, -0.1) is 12.4 Å². The van der Waals surface area contributed by atoms with Gasteiger partial charge in [0.25, 0.3) is 0 Å². The highest BCUT2D eigenvalue weighted by atomic mass is 35.5. The van der Waals surface area contributed by atoms with Crippen molar-refractivity contribution in [2.75, 3.05) is 0 Å². The molecule has 0 aromatic carbocycles. The van der Waals surface area contributed by atoms with Gasteiger partial charge < -0.3 is 5.32 Å². The maximum Gasteiger partial charge on any atom is 0.0597 e. The quantitative estimate of drug-likeness (QED) is 0.890. The Morgan fingerprint density at radius 2 is 2.00 bits per heavy atom. The standard InChI is InChI=1S/C14H23N5.ClH/c1-5-6-19-14(7-11(2)17-19)10-15-8-13-9-16-18(4)12(13)3;/h7,9,15H,5-6,8,10H2,1-4H3;1H. The second-order valence-electron chi connectivity index (χ2n) is 4.98. The van der Waals surface area contributed by atoms with Crippen molar-refractivity contribution in [1.82, 2.24) is 24.9 Å². The molecule has 0 atom stereocenters. The largest absolute Gasteiger partial charge is 0.307 e. The second-order valence-corrected chi connectivity index (χ2v) is 4.98. The molecule has 20 heavy (non-hydrogen) atoms. The lowest BCUT2D eigenvalue weighted by atomic mass is 10.2. The van der Waals surface area contributed by atoms with Crippen LogP contribution < -0.4 is 5.32 Å². The lowest BCUT2D eigenvalue weighted by molar-refractivity contribution is 0.547. The first-order valence-electron chi connectivity index (χ1n) is 6.83. The molecule has 0 aliphatic carbocycles. The van der Waals surface area contributed by atoms with E-state index in [1.54, 1.807) is 0 Å². The number of rotatable bonds is 6. The van der Waals surface area contributed by atoms with Gasteiger partial charge in [0.2, 0.25) is 0 Å². The van der Waals surface area contributed by atoms with E-state index >= 15 is 0 Å². The second kappa shape index (κ2) is 7.45. The number of nitrogens with one attached hydrogen (secondary N) is 1. The van der Waals surface area contributed by atoms with Crippen molar-refractivity contribution < 1.29 is 0 Å². The zero-order chi connectivity index (χ0) is 13.8. The zero-order valence-corrected chi connectivity index (χ0v) is 13.5. The van der Waals surface area contributed by atoms with Crippen LogP contribution in [0.2, 0.25) is 0 Å². The summed E-state index contributed by atoms with van der Waals surface area (Å²) in [5, 5.41) is 12.2. The van der Waals surface area contributed by atoms with E-state index in [-0.39, 0.29) is 12.4 Å². The van der Waals surface area contributed by atoms with Gasteiger partial charge in [0.1, 0.15) is 0 Å². The van der Waals surface area contributed by atoms with Crippen LogP contribution in [0.4, 0.5) is 0 Å². The van der Waals surface area contributed by atoms with Crippen LogP contribution in [0.3, 0.4) is 0 Å². The van der Waals surface area contributed by atoms with E-state index < -0.39 is 0 Å². The third-order valence-corrected chi connectivity index (χ3v) is 3.38. The first-order chi connectivity index (χ1) is 9.11. The highest BCUT2D eigenvalue weighted by Gasteiger charge is 2.06. The lowest BCUT2D eigenvalue weighted by Crippen LogP contribution is -2.16. The van der Waals surface area contributed by atoms with Gasteiger partial charge in [-0.25, -0.2) is 0 Å². The molecule has 0 aliphatic heterocycles. The fourth-order valence-corrected chi connectivity index (χ4v) is 2.19. The zero-order valence-electron chi connectivity index (χ0n) is 12.7.